The molecule has 1 amide bonds. The highest BCUT2D eigenvalue weighted by Gasteiger charge is 2.19. The molecule has 5 N–H and O–H groups in total. The summed E-state index contributed by atoms with van der Waals surface area (Å²) in [6, 6.07) is -0.402. The number of carbonyl (C=O) groups is 1. The first-order chi connectivity index (χ1) is 6.50. The van der Waals surface area contributed by atoms with E-state index < -0.39 is 6.04 Å². The zero-order valence-corrected chi connectivity index (χ0v) is 8.97. The Morgan fingerprint density at radius 3 is 2.64 bits per heavy atom. The Hall–Kier alpha value is -1.30. The Morgan fingerprint density at radius 1 is 1.64 bits per heavy atom. The fourth-order valence-electron chi connectivity index (χ4n) is 1.05. The number of carbonyl (C=O) groups excluding carboxylic acids is 1. The number of aromatic nitrogens is 1. The third-order valence-electron chi connectivity index (χ3n) is 1.78. The lowest BCUT2D eigenvalue weighted by molar-refractivity contribution is -0.119. The topological polar surface area (TPSA) is 94.0 Å². The maximum absolute atomic E-state index is 11.1. The second kappa shape index (κ2) is 4.28. The molecular formula is C8H14N4OS. The van der Waals surface area contributed by atoms with Crippen LogP contribution in [0.15, 0.2) is 6.20 Å². The number of hydrogen-bond acceptors (Lipinski definition) is 5. The van der Waals surface area contributed by atoms with Crippen LogP contribution in [-0.2, 0) is 4.79 Å². The molecule has 1 rings (SSSR count). The van der Waals surface area contributed by atoms with Gasteiger partial charge in [-0.05, 0) is 5.92 Å². The van der Waals surface area contributed by atoms with E-state index in [1.807, 2.05) is 13.8 Å². The van der Waals surface area contributed by atoms with Gasteiger partial charge >= 0.3 is 0 Å². The summed E-state index contributed by atoms with van der Waals surface area (Å²) >= 11 is 1.30. The Balaban J connectivity index is 2.69. The van der Waals surface area contributed by atoms with E-state index >= 15 is 0 Å². The van der Waals surface area contributed by atoms with Crippen LogP contribution < -0.4 is 16.8 Å². The number of primary amides is 1. The average molecular weight is 214 g/mol. The quantitative estimate of drug-likeness (QED) is 0.685. The molecule has 0 aliphatic rings. The molecule has 1 aromatic heterocycles. The van der Waals surface area contributed by atoms with Gasteiger partial charge in [-0.15, -0.1) is 0 Å². The van der Waals surface area contributed by atoms with E-state index in [9.17, 15) is 4.79 Å². The summed E-state index contributed by atoms with van der Waals surface area (Å²) in [7, 11) is 0. The van der Waals surface area contributed by atoms with E-state index in [1.54, 1.807) is 6.20 Å². The molecule has 0 bridgehead atoms. The minimum atomic E-state index is -0.402. The molecule has 0 aliphatic carbocycles. The Bertz CT molecular complexity index is 323. The first-order valence-corrected chi connectivity index (χ1v) is 5.09. The third-order valence-corrected chi connectivity index (χ3v) is 2.53. The molecule has 78 valence electrons. The van der Waals surface area contributed by atoms with Crippen molar-refractivity contribution in [1.29, 1.82) is 0 Å². The highest BCUT2D eigenvalue weighted by atomic mass is 32.1. The molecule has 0 saturated heterocycles. The first-order valence-electron chi connectivity index (χ1n) is 4.28. The number of nitrogens with one attached hydrogen (secondary N) is 1. The van der Waals surface area contributed by atoms with E-state index in [1.165, 1.54) is 11.3 Å². The van der Waals surface area contributed by atoms with Crippen LogP contribution >= 0.6 is 11.3 Å². The summed E-state index contributed by atoms with van der Waals surface area (Å²) in [5.41, 5.74) is 10.7. The van der Waals surface area contributed by atoms with Crippen molar-refractivity contribution in [3.05, 3.63) is 6.20 Å². The van der Waals surface area contributed by atoms with E-state index in [2.05, 4.69) is 10.3 Å². The van der Waals surface area contributed by atoms with Crippen LogP contribution in [0.5, 0.6) is 0 Å². The van der Waals surface area contributed by atoms with E-state index in [-0.39, 0.29) is 11.8 Å². The first kappa shape index (κ1) is 10.8. The van der Waals surface area contributed by atoms with Gasteiger partial charge in [0.05, 0.1) is 6.20 Å². The number of hydrogen-bond donors (Lipinski definition) is 3. The lowest BCUT2D eigenvalue weighted by Crippen LogP contribution is -2.39. The number of nitrogens with zero attached hydrogens (tertiary/aromatic N) is 1. The fourth-order valence-corrected chi connectivity index (χ4v) is 1.67. The molecule has 1 atom stereocenters. The minimum absolute atomic E-state index is 0.123. The molecule has 0 spiro atoms. The van der Waals surface area contributed by atoms with Crippen LogP contribution in [0.3, 0.4) is 0 Å². The zero-order valence-electron chi connectivity index (χ0n) is 8.15. The maximum Gasteiger partial charge on any atom is 0.240 e. The SMILES string of the molecule is CC(C)C(Nc1ncc(N)s1)C(N)=O. The highest BCUT2D eigenvalue weighted by Crippen LogP contribution is 2.21. The molecule has 1 heterocycles. The molecule has 0 aliphatic heterocycles. The van der Waals surface area contributed by atoms with Gasteiger partial charge in [-0.1, -0.05) is 25.2 Å². The van der Waals surface area contributed by atoms with Gasteiger partial charge in [-0.25, -0.2) is 4.98 Å². The Labute approximate surface area is 86.5 Å². The molecular weight excluding hydrogens is 200 g/mol. The van der Waals surface area contributed by atoms with Gasteiger partial charge in [0.2, 0.25) is 5.91 Å². The van der Waals surface area contributed by atoms with Crippen molar-refractivity contribution in [2.45, 2.75) is 19.9 Å². The van der Waals surface area contributed by atoms with Crippen molar-refractivity contribution < 1.29 is 4.79 Å². The maximum atomic E-state index is 11.1. The summed E-state index contributed by atoms with van der Waals surface area (Å²) in [4.78, 5) is 15.1. The molecule has 5 nitrogen and oxygen atoms in total. The minimum Gasteiger partial charge on any atom is -0.389 e. The van der Waals surface area contributed by atoms with Crippen LogP contribution in [0, 0.1) is 5.92 Å². The zero-order chi connectivity index (χ0) is 10.7. The smallest absolute Gasteiger partial charge is 0.240 e. The molecule has 14 heavy (non-hydrogen) atoms. The van der Waals surface area contributed by atoms with Crippen LogP contribution in [0.1, 0.15) is 13.8 Å². The number of rotatable bonds is 4. The van der Waals surface area contributed by atoms with Gasteiger partial charge in [0.15, 0.2) is 5.13 Å². The summed E-state index contributed by atoms with van der Waals surface area (Å²) in [6.45, 7) is 3.83. The third kappa shape index (κ3) is 2.59. The molecule has 0 saturated carbocycles. The number of anilines is 2. The summed E-state index contributed by atoms with van der Waals surface area (Å²) < 4.78 is 0. The number of amides is 1. The van der Waals surface area contributed by atoms with Crippen molar-refractivity contribution in [2.75, 3.05) is 11.1 Å². The summed E-state index contributed by atoms with van der Waals surface area (Å²) in [5.74, 6) is -0.258. The average Bonchev–Trinajstić information content (AvgIpc) is 2.46. The van der Waals surface area contributed by atoms with Gasteiger partial charge < -0.3 is 16.8 Å². The molecule has 0 radical (unpaired) electrons. The molecule has 1 unspecified atom stereocenters. The van der Waals surface area contributed by atoms with Crippen molar-refractivity contribution in [3.8, 4) is 0 Å². The molecule has 0 aromatic carbocycles. The Kier molecular flexibility index (Phi) is 3.29. The lowest BCUT2D eigenvalue weighted by Gasteiger charge is -2.17. The van der Waals surface area contributed by atoms with Crippen LogP contribution in [-0.4, -0.2) is 16.9 Å². The molecule has 6 heteroatoms. The second-order valence-corrected chi connectivity index (χ2v) is 4.40. The van der Waals surface area contributed by atoms with E-state index in [0.29, 0.717) is 10.1 Å². The number of nitrogens with two attached hydrogens (primary N) is 2. The largest absolute Gasteiger partial charge is 0.389 e. The van der Waals surface area contributed by atoms with Crippen LogP contribution in [0.25, 0.3) is 0 Å². The van der Waals surface area contributed by atoms with Crippen molar-refractivity contribution >= 4 is 27.4 Å². The molecule has 1 aromatic rings. The normalized spacial score (nSPS) is 12.8. The molecule has 0 fully saturated rings. The predicted octanol–water partition coefficient (Wildman–Crippen LogP) is 0.647. The van der Waals surface area contributed by atoms with E-state index in [0.717, 1.165) is 0 Å². The van der Waals surface area contributed by atoms with Gasteiger partial charge in [-0.2, -0.15) is 0 Å². The fraction of sp³-hybridized carbons (Fsp3) is 0.500. The number of nitrogen functional groups attached to an aromatic ring is 1. The van der Waals surface area contributed by atoms with Gasteiger partial charge in [0.25, 0.3) is 0 Å². The van der Waals surface area contributed by atoms with E-state index in [4.69, 9.17) is 11.5 Å². The van der Waals surface area contributed by atoms with Crippen molar-refractivity contribution in [3.63, 3.8) is 0 Å². The monoisotopic (exact) mass is 214 g/mol. The van der Waals surface area contributed by atoms with Crippen molar-refractivity contribution in [1.82, 2.24) is 4.98 Å². The summed E-state index contributed by atoms with van der Waals surface area (Å²) in [5, 5.41) is 4.19. The highest BCUT2D eigenvalue weighted by molar-refractivity contribution is 7.19. The van der Waals surface area contributed by atoms with Gasteiger partial charge in [-0.3, -0.25) is 4.79 Å². The van der Waals surface area contributed by atoms with Crippen molar-refractivity contribution in [2.24, 2.45) is 11.7 Å². The van der Waals surface area contributed by atoms with Crippen LogP contribution in [0.2, 0.25) is 0 Å². The Morgan fingerprint density at radius 2 is 2.29 bits per heavy atom. The van der Waals surface area contributed by atoms with Gasteiger partial charge in [0, 0.05) is 0 Å². The number of thiazole rings is 1. The van der Waals surface area contributed by atoms with Gasteiger partial charge in [0.1, 0.15) is 11.0 Å². The standard InChI is InChI=1S/C8H14N4OS/c1-4(2)6(7(10)13)12-8-11-3-5(9)14-8/h3-4,6H,9H2,1-2H3,(H2,10,13)(H,11,12). The van der Waals surface area contributed by atoms with Crippen LogP contribution in [0.4, 0.5) is 10.1 Å². The predicted molar refractivity (Wildman–Crippen MR) is 58.0 cm³/mol. The second-order valence-electron chi connectivity index (χ2n) is 3.34. The lowest BCUT2D eigenvalue weighted by atomic mass is 10.0. The summed E-state index contributed by atoms with van der Waals surface area (Å²) in [6.07, 6.45) is 1.55.